The molecule has 7 heteroatoms. The van der Waals surface area contributed by atoms with Gasteiger partial charge in [0, 0.05) is 39.1 Å². The Kier molecular flexibility index (Phi) is 7.78. The van der Waals surface area contributed by atoms with Gasteiger partial charge in [-0.25, -0.2) is 4.39 Å². The van der Waals surface area contributed by atoms with Crippen molar-refractivity contribution in [1.82, 2.24) is 20.4 Å². The molecule has 136 valence electrons. The summed E-state index contributed by atoms with van der Waals surface area (Å²) < 4.78 is 15.2. The molecule has 0 atom stereocenters. The maximum absolute atomic E-state index is 13.4. The van der Waals surface area contributed by atoms with E-state index < -0.39 is 0 Å². The molecule has 5 nitrogen and oxygen atoms in total. The number of guanidine groups is 1. The SMILES string of the molecule is CN=C(NCCCc1cnn(C)c1)NCc1ccc(F)cc1CSC. The van der Waals surface area contributed by atoms with Gasteiger partial charge < -0.3 is 10.6 Å². The van der Waals surface area contributed by atoms with Crippen LogP contribution in [0.1, 0.15) is 23.1 Å². The van der Waals surface area contributed by atoms with Crippen molar-refractivity contribution in [2.45, 2.75) is 25.1 Å². The van der Waals surface area contributed by atoms with Crippen molar-refractivity contribution >= 4 is 17.7 Å². The Labute approximate surface area is 153 Å². The summed E-state index contributed by atoms with van der Waals surface area (Å²) in [7, 11) is 3.68. The average Bonchev–Trinajstić information content (AvgIpc) is 3.01. The Balaban J connectivity index is 1.78. The molecule has 1 aromatic carbocycles. The Morgan fingerprint density at radius 3 is 2.84 bits per heavy atom. The van der Waals surface area contributed by atoms with Crippen molar-refractivity contribution < 1.29 is 4.39 Å². The molecule has 1 heterocycles. The molecule has 0 saturated heterocycles. The third kappa shape index (κ3) is 6.42. The number of rotatable bonds is 8. The number of aliphatic imine (C=N–C) groups is 1. The minimum Gasteiger partial charge on any atom is -0.356 e. The summed E-state index contributed by atoms with van der Waals surface area (Å²) in [6.45, 7) is 1.45. The second-order valence-electron chi connectivity index (χ2n) is 5.82. The molecular weight excluding hydrogens is 337 g/mol. The maximum atomic E-state index is 13.4. The summed E-state index contributed by atoms with van der Waals surface area (Å²) in [5, 5.41) is 10.8. The van der Waals surface area contributed by atoms with Crippen LogP contribution in [0.3, 0.4) is 0 Å². The number of thioether (sulfide) groups is 1. The highest BCUT2D eigenvalue weighted by molar-refractivity contribution is 7.97. The zero-order valence-electron chi connectivity index (χ0n) is 15.1. The van der Waals surface area contributed by atoms with Crippen LogP contribution in [-0.4, -0.2) is 35.6 Å². The summed E-state index contributed by atoms with van der Waals surface area (Å²) in [6, 6.07) is 4.95. The quantitative estimate of drug-likeness (QED) is 0.430. The first-order chi connectivity index (χ1) is 12.1. The highest BCUT2D eigenvalue weighted by atomic mass is 32.2. The minimum atomic E-state index is -0.189. The summed E-state index contributed by atoms with van der Waals surface area (Å²) in [5.74, 6) is 1.36. The fourth-order valence-electron chi connectivity index (χ4n) is 2.56. The van der Waals surface area contributed by atoms with E-state index in [0.29, 0.717) is 6.54 Å². The van der Waals surface area contributed by atoms with Gasteiger partial charge in [-0.3, -0.25) is 9.67 Å². The van der Waals surface area contributed by atoms with Gasteiger partial charge in [0.15, 0.2) is 5.96 Å². The van der Waals surface area contributed by atoms with Gasteiger partial charge in [0.2, 0.25) is 0 Å². The van der Waals surface area contributed by atoms with Crippen molar-refractivity contribution in [3.05, 3.63) is 53.1 Å². The maximum Gasteiger partial charge on any atom is 0.191 e. The number of hydrogen-bond donors (Lipinski definition) is 2. The smallest absolute Gasteiger partial charge is 0.191 e. The van der Waals surface area contributed by atoms with Crippen LogP contribution in [-0.2, 0) is 25.8 Å². The summed E-state index contributed by atoms with van der Waals surface area (Å²) in [6.07, 6.45) is 7.93. The van der Waals surface area contributed by atoms with Crippen LogP contribution in [0, 0.1) is 5.82 Å². The molecule has 2 N–H and O–H groups in total. The monoisotopic (exact) mass is 363 g/mol. The van der Waals surface area contributed by atoms with E-state index in [1.807, 2.05) is 36.4 Å². The van der Waals surface area contributed by atoms with Gasteiger partial charge >= 0.3 is 0 Å². The van der Waals surface area contributed by atoms with Crippen LogP contribution in [0.4, 0.5) is 4.39 Å². The zero-order chi connectivity index (χ0) is 18.1. The topological polar surface area (TPSA) is 54.2 Å². The van der Waals surface area contributed by atoms with Crippen LogP contribution in [0.2, 0.25) is 0 Å². The summed E-state index contributed by atoms with van der Waals surface area (Å²) >= 11 is 1.69. The van der Waals surface area contributed by atoms with Crippen molar-refractivity contribution in [3.8, 4) is 0 Å². The third-order valence-electron chi connectivity index (χ3n) is 3.83. The van der Waals surface area contributed by atoms with Crippen LogP contribution < -0.4 is 10.6 Å². The number of halogens is 1. The lowest BCUT2D eigenvalue weighted by molar-refractivity contribution is 0.625. The first-order valence-corrected chi connectivity index (χ1v) is 9.70. The molecule has 0 aliphatic rings. The van der Waals surface area contributed by atoms with Gasteiger partial charge in [0.1, 0.15) is 5.82 Å². The number of nitrogens with one attached hydrogen (secondary N) is 2. The van der Waals surface area contributed by atoms with E-state index in [-0.39, 0.29) is 5.82 Å². The molecule has 0 spiro atoms. The standard InChI is InChI=1S/C18H26FN5S/c1-20-18(21-8-4-5-14-10-23-24(2)12-14)22-11-15-6-7-17(19)9-16(15)13-25-3/h6-7,9-10,12H,4-5,8,11,13H2,1-3H3,(H2,20,21,22). The first-order valence-electron chi connectivity index (χ1n) is 8.30. The molecule has 0 bridgehead atoms. The zero-order valence-corrected chi connectivity index (χ0v) is 15.9. The first kappa shape index (κ1) is 19.3. The van der Waals surface area contributed by atoms with E-state index in [2.05, 4.69) is 20.7 Å². The molecule has 0 saturated carbocycles. The predicted octanol–water partition coefficient (Wildman–Crippen LogP) is 2.72. The molecule has 2 aromatic rings. The molecule has 0 aliphatic carbocycles. The average molecular weight is 364 g/mol. The Bertz CT molecular complexity index is 699. The van der Waals surface area contributed by atoms with E-state index >= 15 is 0 Å². The number of aromatic nitrogens is 2. The van der Waals surface area contributed by atoms with Gasteiger partial charge in [0.25, 0.3) is 0 Å². The van der Waals surface area contributed by atoms with Gasteiger partial charge in [-0.05, 0) is 47.9 Å². The van der Waals surface area contributed by atoms with Gasteiger partial charge in [-0.2, -0.15) is 16.9 Å². The lowest BCUT2D eigenvalue weighted by Gasteiger charge is -2.14. The second-order valence-corrected chi connectivity index (χ2v) is 6.69. The largest absolute Gasteiger partial charge is 0.356 e. The lowest BCUT2D eigenvalue weighted by Crippen LogP contribution is -2.37. The van der Waals surface area contributed by atoms with E-state index in [0.717, 1.165) is 42.2 Å². The minimum absolute atomic E-state index is 0.189. The predicted molar refractivity (Wildman–Crippen MR) is 103 cm³/mol. The van der Waals surface area contributed by atoms with E-state index in [4.69, 9.17) is 0 Å². The van der Waals surface area contributed by atoms with Crippen LogP contribution in [0.5, 0.6) is 0 Å². The fraction of sp³-hybridized carbons (Fsp3) is 0.444. The van der Waals surface area contributed by atoms with Crippen molar-refractivity contribution in [3.63, 3.8) is 0 Å². The second kappa shape index (κ2) is 10.1. The van der Waals surface area contributed by atoms with Crippen LogP contribution >= 0.6 is 11.8 Å². The molecule has 25 heavy (non-hydrogen) atoms. The molecular formula is C18H26FN5S. The number of nitrogens with zero attached hydrogens (tertiary/aromatic N) is 3. The van der Waals surface area contributed by atoms with Crippen LogP contribution in [0.25, 0.3) is 0 Å². The highest BCUT2D eigenvalue weighted by Crippen LogP contribution is 2.16. The van der Waals surface area contributed by atoms with E-state index in [1.165, 1.54) is 11.6 Å². The fourth-order valence-corrected chi connectivity index (χ4v) is 3.14. The summed E-state index contributed by atoms with van der Waals surface area (Å²) in [5.41, 5.74) is 3.35. The highest BCUT2D eigenvalue weighted by Gasteiger charge is 2.05. The molecule has 0 radical (unpaired) electrons. The lowest BCUT2D eigenvalue weighted by atomic mass is 10.1. The van der Waals surface area contributed by atoms with E-state index in [1.54, 1.807) is 24.9 Å². The Hall–Kier alpha value is -2.02. The normalized spacial score (nSPS) is 11.6. The number of aryl methyl sites for hydroxylation is 2. The van der Waals surface area contributed by atoms with Gasteiger partial charge in [-0.1, -0.05) is 6.07 Å². The molecule has 0 aliphatic heterocycles. The van der Waals surface area contributed by atoms with Crippen LogP contribution in [0.15, 0.2) is 35.6 Å². The third-order valence-corrected chi connectivity index (χ3v) is 4.43. The van der Waals surface area contributed by atoms with Gasteiger partial charge in [-0.15, -0.1) is 0 Å². The summed E-state index contributed by atoms with van der Waals surface area (Å²) in [4.78, 5) is 4.24. The van der Waals surface area contributed by atoms with E-state index in [9.17, 15) is 4.39 Å². The van der Waals surface area contributed by atoms with Crippen molar-refractivity contribution in [1.29, 1.82) is 0 Å². The van der Waals surface area contributed by atoms with Gasteiger partial charge in [0.05, 0.1) is 6.20 Å². The molecule has 2 rings (SSSR count). The van der Waals surface area contributed by atoms with Crippen molar-refractivity contribution in [2.75, 3.05) is 19.8 Å². The Morgan fingerprint density at radius 2 is 2.16 bits per heavy atom. The number of benzene rings is 1. The molecule has 1 aromatic heterocycles. The molecule has 0 unspecified atom stereocenters. The molecule has 0 amide bonds. The number of hydrogen-bond acceptors (Lipinski definition) is 3. The molecule has 0 fully saturated rings. The van der Waals surface area contributed by atoms with Crippen molar-refractivity contribution in [2.24, 2.45) is 12.0 Å². The Morgan fingerprint density at radius 1 is 1.32 bits per heavy atom.